The summed E-state index contributed by atoms with van der Waals surface area (Å²) in [5.41, 5.74) is 1.45. The van der Waals surface area contributed by atoms with Crippen LogP contribution >= 0.6 is 11.8 Å². The Morgan fingerprint density at radius 2 is 1.91 bits per heavy atom. The Labute approximate surface area is 198 Å². The Balaban J connectivity index is 1.66. The molecule has 0 bridgehead atoms. The lowest BCUT2D eigenvalue weighted by atomic mass is 9.86. The molecule has 2 heterocycles. The van der Waals surface area contributed by atoms with Crippen LogP contribution in [-0.2, 0) is 14.8 Å². The number of hydrogen-bond donors (Lipinski definition) is 0. The molecule has 33 heavy (non-hydrogen) atoms. The number of benzene rings is 1. The molecule has 0 radical (unpaired) electrons. The standard InChI is InChI=1S/C24H26N4O3S2/c1-17(29)32-16-18-8-10-20(11-9-18)27(2)23-19(14-25)15-26-24-22(23)12-13-28(24)33(30,31)21-6-4-3-5-7-21/h3-7,12-13,15,18,20H,8-11,16H2,1-2H3. The van der Waals surface area contributed by atoms with Gasteiger partial charge in [-0.3, -0.25) is 4.79 Å². The second-order valence-electron chi connectivity index (χ2n) is 8.39. The number of rotatable bonds is 6. The number of thioether (sulfide) groups is 1. The van der Waals surface area contributed by atoms with E-state index in [0.29, 0.717) is 28.2 Å². The van der Waals surface area contributed by atoms with Gasteiger partial charge in [0, 0.05) is 43.5 Å². The molecule has 1 aromatic carbocycles. The van der Waals surface area contributed by atoms with E-state index < -0.39 is 10.0 Å². The third-order valence-corrected chi connectivity index (χ3v) is 9.04. The van der Waals surface area contributed by atoms with Crippen molar-refractivity contribution in [3.8, 4) is 6.07 Å². The van der Waals surface area contributed by atoms with E-state index in [-0.39, 0.29) is 16.1 Å². The van der Waals surface area contributed by atoms with Gasteiger partial charge in [0.1, 0.15) is 6.07 Å². The zero-order chi connectivity index (χ0) is 23.6. The summed E-state index contributed by atoms with van der Waals surface area (Å²) in [6.07, 6.45) is 6.92. The minimum Gasteiger partial charge on any atom is -0.370 e. The molecule has 2 aromatic heterocycles. The number of hydrogen-bond acceptors (Lipinski definition) is 7. The van der Waals surface area contributed by atoms with Gasteiger partial charge in [-0.05, 0) is 49.8 Å². The molecule has 1 aliphatic carbocycles. The van der Waals surface area contributed by atoms with Crippen LogP contribution in [0.25, 0.3) is 11.0 Å². The first-order valence-electron chi connectivity index (χ1n) is 10.9. The summed E-state index contributed by atoms with van der Waals surface area (Å²) >= 11 is 1.39. The quantitative estimate of drug-likeness (QED) is 0.513. The lowest BCUT2D eigenvalue weighted by Gasteiger charge is -2.36. The average Bonchev–Trinajstić information content (AvgIpc) is 3.27. The summed E-state index contributed by atoms with van der Waals surface area (Å²) < 4.78 is 27.6. The molecule has 4 rings (SSSR count). The molecule has 3 aromatic rings. The number of aromatic nitrogens is 2. The van der Waals surface area contributed by atoms with Crippen LogP contribution in [0, 0.1) is 17.2 Å². The number of carbonyl (C=O) groups excluding carboxylic acids is 1. The van der Waals surface area contributed by atoms with Gasteiger partial charge in [-0.1, -0.05) is 30.0 Å². The Hall–Kier alpha value is -2.83. The van der Waals surface area contributed by atoms with Crippen molar-refractivity contribution in [2.75, 3.05) is 17.7 Å². The van der Waals surface area contributed by atoms with E-state index in [1.165, 1.54) is 28.1 Å². The van der Waals surface area contributed by atoms with E-state index in [4.69, 9.17) is 0 Å². The van der Waals surface area contributed by atoms with Crippen LogP contribution in [-0.4, -0.2) is 41.3 Å². The van der Waals surface area contributed by atoms with E-state index in [1.807, 2.05) is 7.05 Å². The van der Waals surface area contributed by atoms with E-state index in [9.17, 15) is 18.5 Å². The summed E-state index contributed by atoms with van der Waals surface area (Å²) in [6, 6.07) is 12.4. The van der Waals surface area contributed by atoms with Gasteiger partial charge < -0.3 is 4.90 Å². The van der Waals surface area contributed by atoms with Crippen molar-refractivity contribution in [1.29, 1.82) is 5.26 Å². The zero-order valence-electron chi connectivity index (χ0n) is 18.6. The van der Waals surface area contributed by atoms with Crippen LogP contribution in [0.4, 0.5) is 5.69 Å². The van der Waals surface area contributed by atoms with Crippen LogP contribution < -0.4 is 4.90 Å². The normalized spacial score (nSPS) is 18.7. The second-order valence-corrected chi connectivity index (χ2v) is 11.4. The van der Waals surface area contributed by atoms with Crippen molar-refractivity contribution >= 4 is 43.6 Å². The summed E-state index contributed by atoms with van der Waals surface area (Å²) in [5.74, 6) is 1.38. The van der Waals surface area contributed by atoms with E-state index in [2.05, 4.69) is 16.0 Å². The number of nitrogens with zero attached hydrogens (tertiary/aromatic N) is 4. The third-order valence-electron chi connectivity index (χ3n) is 6.31. The predicted octanol–water partition coefficient (Wildman–Crippen LogP) is 4.42. The summed E-state index contributed by atoms with van der Waals surface area (Å²) in [4.78, 5) is 17.9. The highest BCUT2D eigenvalue weighted by Crippen LogP contribution is 2.36. The maximum atomic E-state index is 13.2. The van der Waals surface area contributed by atoms with Gasteiger partial charge in [0.05, 0.1) is 16.1 Å². The lowest BCUT2D eigenvalue weighted by molar-refractivity contribution is -0.109. The fraction of sp³-hybridized carbons (Fsp3) is 0.375. The van der Waals surface area contributed by atoms with E-state index in [1.54, 1.807) is 43.3 Å². The largest absolute Gasteiger partial charge is 0.370 e. The molecule has 1 saturated carbocycles. The highest BCUT2D eigenvalue weighted by atomic mass is 32.2. The van der Waals surface area contributed by atoms with Gasteiger partial charge in [-0.25, -0.2) is 17.4 Å². The second kappa shape index (κ2) is 9.57. The molecule has 0 aliphatic heterocycles. The van der Waals surface area contributed by atoms with Gasteiger partial charge in [0.2, 0.25) is 0 Å². The molecule has 0 saturated heterocycles. The molecule has 0 N–H and O–H groups in total. The number of carbonyl (C=O) groups is 1. The molecular formula is C24H26N4O3S2. The van der Waals surface area contributed by atoms with E-state index >= 15 is 0 Å². The van der Waals surface area contributed by atoms with E-state index in [0.717, 1.165) is 31.4 Å². The Morgan fingerprint density at radius 3 is 2.55 bits per heavy atom. The van der Waals surface area contributed by atoms with Gasteiger partial charge in [-0.2, -0.15) is 5.26 Å². The van der Waals surface area contributed by atoms with Crippen LogP contribution in [0.1, 0.15) is 38.2 Å². The number of fused-ring (bicyclic) bond motifs is 1. The van der Waals surface area contributed by atoms with Crippen molar-refractivity contribution in [2.24, 2.45) is 5.92 Å². The summed E-state index contributed by atoms with van der Waals surface area (Å²) in [6.45, 7) is 1.60. The molecule has 1 fully saturated rings. The molecule has 0 atom stereocenters. The Kier molecular flexibility index (Phi) is 6.77. The lowest BCUT2D eigenvalue weighted by Crippen LogP contribution is -2.36. The molecular weight excluding hydrogens is 456 g/mol. The first kappa shape index (κ1) is 23.3. The molecule has 172 valence electrons. The Morgan fingerprint density at radius 1 is 1.21 bits per heavy atom. The highest BCUT2D eigenvalue weighted by Gasteiger charge is 2.28. The SMILES string of the molecule is CC(=O)SCC1CCC(N(C)c2c(C#N)cnc3c2ccn3S(=O)(=O)c2ccccc2)CC1. The van der Waals surface area contributed by atoms with Gasteiger partial charge in [0.25, 0.3) is 10.0 Å². The monoisotopic (exact) mass is 482 g/mol. The van der Waals surface area contributed by atoms with Crippen LogP contribution in [0.15, 0.2) is 53.7 Å². The van der Waals surface area contributed by atoms with Crippen molar-refractivity contribution in [2.45, 2.75) is 43.5 Å². The van der Waals surface area contributed by atoms with Gasteiger partial charge >= 0.3 is 0 Å². The van der Waals surface area contributed by atoms with Crippen LogP contribution in [0.2, 0.25) is 0 Å². The molecule has 1 aliphatic rings. The molecule has 0 spiro atoms. The van der Waals surface area contributed by atoms with Crippen molar-refractivity contribution in [1.82, 2.24) is 8.96 Å². The third kappa shape index (κ3) is 4.63. The molecule has 0 amide bonds. The van der Waals surface area contributed by atoms with Crippen molar-refractivity contribution in [3.05, 3.63) is 54.4 Å². The smallest absolute Gasteiger partial charge is 0.269 e. The summed E-state index contributed by atoms with van der Waals surface area (Å²) in [5, 5.41) is 10.6. The highest BCUT2D eigenvalue weighted by molar-refractivity contribution is 8.13. The minimum absolute atomic E-state index is 0.155. The average molecular weight is 483 g/mol. The number of anilines is 1. The first-order chi connectivity index (χ1) is 15.8. The predicted molar refractivity (Wildman–Crippen MR) is 131 cm³/mol. The van der Waals surface area contributed by atoms with Crippen molar-refractivity contribution < 1.29 is 13.2 Å². The van der Waals surface area contributed by atoms with Crippen LogP contribution in [0.5, 0.6) is 0 Å². The maximum absolute atomic E-state index is 13.2. The number of pyridine rings is 1. The molecule has 9 heteroatoms. The first-order valence-corrected chi connectivity index (χ1v) is 13.3. The fourth-order valence-electron chi connectivity index (χ4n) is 4.53. The fourth-order valence-corrected chi connectivity index (χ4v) is 6.65. The number of nitriles is 1. The van der Waals surface area contributed by atoms with Gasteiger partial charge in [-0.15, -0.1) is 0 Å². The minimum atomic E-state index is -3.81. The summed E-state index contributed by atoms with van der Waals surface area (Å²) in [7, 11) is -1.84. The van der Waals surface area contributed by atoms with Crippen molar-refractivity contribution in [3.63, 3.8) is 0 Å². The maximum Gasteiger partial charge on any atom is 0.269 e. The van der Waals surface area contributed by atoms with Crippen LogP contribution in [0.3, 0.4) is 0 Å². The van der Waals surface area contributed by atoms with Gasteiger partial charge in [0.15, 0.2) is 10.8 Å². The molecule has 7 nitrogen and oxygen atoms in total. The molecule has 0 unspecified atom stereocenters. The zero-order valence-corrected chi connectivity index (χ0v) is 20.3. The topological polar surface area (TPSA) is 96.1 Å². The Bertz CT molecular complexity index is 1300.